The molecule has 75 heavy (non-hydrogen) atoms. The molecule has 0 N–H and O–H groups in total. The maximum Gasteiger partial charge on any atom is 0.0746 e. The molecule has 16 rings (SSSR count). The molecule has 0 atom stereocenters. The number of aromatic nitrogens is 1. The van der Waals surface area contributed by atoms with Gasteiger partial charge in [-0.1, -0.05) is 224 Å². The van der Waals surface area contributed by atoms with Gasteiger partial charge in [0.25, 0.3) is 0 Å². The fraction of sp³-hybridized carbons (Fsp3) is 0.0137. The highest BCUT2D eigenvalue weighted by Gasteiger charge is 2.53. The molecule has 2 nitrogen and oxygen atoms in total. The van der Waals surface area contributed by atoms with Crippen molar-refractivity contribution in [2.75, 3.05) is 4.90 Å². The lowest BCUT2D eigenvalue weighted by Crippen LogP contribution is -2.28. The summed E-state index contributed by atoms with van der Waals surface area (Å²) in [5.74, 6) is 0. The molecule has 2 aliphatic carbocycles. The predicted molar refractivity (Wildman–Crippen MR) is 315 cm³/mol. The zero-order valence-corrected chi connectivity index (χ0v) is 41.0. The van der Waals surface area contributed by atoms with Gasteiger partial charge in [-0.3, -0.25) is 0 Å². The SMILES string of the molecule is c1ccc(-n2c3ccccc3c3c(-c4ccc(-c5ccc(N(c6ccc7c8ccccc8c8ccccc8c7c6)c6cccc7c6C6(c8ccccc8-c8ccccc86)c6ccccc6-7)cc5)cc4)cccc32)cc1. The molecule has 0 fully saturated rings. The van der Waals surface area contributed by atoms with E-state index in [1.165, 1.54) is 127 Å². The lowest BCUT2D eigenvalue weighted by atomic mass is 9.70. The van der Waals surface area contributed by atoms with Crippen LogP contribution in [0.1, 0.15) is 22.3 Å². The zero-order chi connectivity index (χ0) is 49.2. The predicted octanol–water partition coefficient (Wildman–Crippen LogP) is 19.4. The third kappa shape index (κ3) is 5.91. The number of nitrogens with zero attached hydrogens (tertiary/aromatic N) is 2. The topological polar surface area (TPSA) is 8.17 Å². The lowest BCUT2D eigenvalue weighted by Gasteiger charge is -2.36. The van der Waals surface area contributed by atoms with Gasteiger partial charge in [-0.2, -0.15) is 0 Å². The first-order valence-electron chi connectivity index (χ1n) is 26.1. The Bertz CT molecular complexity index is 4540. The van der Waals surface area contributed by atoms with Crippen LogP contribution in [0.25, 0.3) is 104 Å². The molecule has 0 radical (unpaired) electrons. The van der Waals surface area contributed by atoms with Gasteiger partial charge in [0.1, 0.15) is 0 Å². The molecular formula is C73H46N2. The minimum absolute atomic E-state index is 0.532. The van der Waals surface area contributed by atoms with Crippen LogP contribution in [-0.4, -0.2) is 4.57 Å². The quantitative estimate of drug-likeness (QED) is 0.151. The zero-order valence-electron chi connectivity index (χ0n) is 41.0. The number of para-hydroxylation sites is 2. The van der Waals surface area contributed by atoms with Gasteiger partial charge >= 0.3 is 0 Å². The van der Waals surface area contributed by atoms with Crippen molar-refractivity contribution >= 4 is 71.2 Å². The average Bonchev–Trinajstić information content (AvgIpc) is 4.30. The summed E-state index contributed by atoms with van der Waals surface area (Å²) in [5.41, 5.74) is 21.7. The molecule has 2 heteroatoms. The Morgan fingerprint density at radius 3 is 1.36 bits per heavy atom. The summed E-state index contributed by atoms with van der Waals surface area (Å²) < 4.78 is 2.39. The Balaban J connectivity index is 0.878. The molecule has 1 spiro atoms. The maximum absolute atomic E-state index is 2.54. The molecular weight excluding hydrogens is 905 g/mol. The molecule has 1 heterocycles. The van der Waals surface area contributed by atoms with E-state index >= 15 is 0 Å². The van der Waals surface area contributed by atoms with Gasteiger partial charge in [-0.25, -0.2) is 0 Å². The smallest absolute Gasteiger partial charge is 0.0746 e. The van der Waals surface area contributed by atoms with E-state index in [1.54, 1.807) is 0 Å². The first kappa shape index (κ1) is 41.8. The van der Waals surface area contributed by atoms with Crippen molar-refractivity contribution in [3.05, 3.63) is 301 Å². The van der Waals surface area contributed by atoms with Gasteiger partial charge in [-0.05, 0) is 148 Å². The van der Waals surface area contributed by atoms with Crippen LogP contribution in [0.3, 0.4) is 0 Å². The largest absolute Gasteiger partial charge is 0.310 e. The van der Waals surface area contributed by atoms with E-state index in [-0.39, 0.29) is 0 Å². The summed E-state index contributed by atoms with van der Waals surface area (Å²) in [6, 6.07) is 104. The third-order valence-electron chi connectivity index (χ3n) is 16.6. The molecule has 0 saturated heterocycles. The first-order valence-corrected chi connectivity index (χ1v) is 26.1. The van der Waals surface area contributed by atoms with Crippen LogP contribution in [0.2, 0.25) is 0 Å². The summed E-state index contributed by atoms with van der Waals surface area (Å²) in [6.07, 6.45) is 0. The van der Waals surface area contributed by atoms with Crippen LogP contribution >= 0.6 is 0 Å². The van der Waals surface area contributed by atoms with Crippen molar-refractivity contribution in [2.45, 2.75) is 5.41 Å². The van der Waals surface area contributed by atoms with Crippen LogP contribution in [0.5, 0.6) is 0 Å². The summed E-state index contributed by atoms with van der Waals surface area (Å²) in [5, 5.41) is 10.1. The Kier molecular flexibility index (Phi) is 8.99. The highest BCUT2D eigenvalue weighted by Crippen LogP contribution is 2.65. The van der Waals surface area contributed by atoms with Gasteiger partial charge < -0.3 is 9.47 Å². The van der Waals surface area contributed by atoms with Gasteiger partial charge in [0.05, 0.1) is 22.1 Å². The molecule has 13 aromatic carbocycles. The van der Waals surface area contributed by atoms with Crippen molar-refractivity contribution < 1.29 is 0 Å². The van der Waals surface area contributed by atoms with Crippen LogP contribution in [0.4, 0.5) is 17.1 Å². The van der Waals surface area contributed by atoms with Crippen LogP contribution < -0.4 is 4.90 Å². The monoisotopic (exact) mass is 950 g/mol. The van der Waals surface area contributed by atoms with E-state index < -0.39 is 5.41 Å². The minimum atomic E-state index is -0.532. The van der Waals surface area contributed by atoms with Gasteiger partial charge in [0.15, 0.2) is 0 Å². The van der Waals surface area contributed by atoms with Crippen molar-refractivity contribution in [3.63, 3.8) is 0 Å². The van der Waals surface area contributed by atoms with Crippen LogP contribution in [0, 0.1) is 0 Å². The highest BCUT2D eigenvalue weighted by molar-refractivity contribution is 6.26. The van der Waals surface area contributed by atoms with E-state index in [0.717, 1.165) is 17.1 Å². The normalized spacial score (nSPS) is 12.9. The summed E-state index contributed by atoms with van der Waals surface area (Å²) in [6.45, 7) is 0. The molecule has 0 bridgehead atoms. The molecule has 14 aromatic rings. The van der Waals surface area contributed by atoms with Crippen LogP contribution in [0.15, 0.2) is 279 Å². The van der Waals surface area contributed by atoms with Crippen molar-refractivity contribution in [3.8, 4) is 50.2 Å². The van der Waals surface area contributed by atoms with E-state index in [4.69, 9.17) is 0 Å². The number of fused-ring (bicyclic) bond motifs is 19. The Morgan fingerprint density at radius 1 is 0.280 bits per heavy atom. The Hall–Kier alpha value is -9.76. The second-order valence-corrected chi connectivity index (χ2v) is 20.3. The number of hydrogen-bond acceptors (Lipinski definition) is 1. The average molecular weight is 951 g/mol. The van der Waals surface area contributed by atoms with E-state index in [9.17, 15) is 0 Å². The van der Waals surface area contributed by atoms with Crippen molar-refractivity contribution in [1.29, 1.82) is 0 Å². The number of benzene rings is 13. The Labute approximate surface area is 435 Å². The second kappa shape index (κ2) is 16.1. The van der Waals surface area contributed by atoms with E-state index in [0.29, 0.717) is 0 Å². The first-order chi connectivity index (χ1) is 37.2. The van der Waals surface area contributed by atoms with Gasteiger partial charge in [0.2, 0.25) is 0 Å². The molecule has 2 aliphatic rings. The Morgan fingerprint density at radius 2 is 0.720 bits per heavy atom. The van der Waals surface area contributed by atoms with Crippen molar-refractivity contribution in [1.82, 2.24) is 4.57 Å². The molecule has 1 aromatic heterocycles. The maximum atomic E-state index is 2.54. The van der Waals surface area contributed by atoms with E-state index in [2.05, 4.69) is 289 Å². The second-order valence-electron chi connectivity index (χ2n) is 20.3. The molecule has 0 aliphatic heterocycles. The summed E-state index contributed by atoms with van der Waals surface area (Å²) in [7, 11) is 0. The highest BCUT2D eigenvalue weighted by atomic mass is 15.1. The number of rotatable bonds is 6. The lowest BCUT2D eigenvalue weighted by molar-refractivity contribution is 0.793. The summed E-state index contributed by atoms with van der Waals surface area (Å²) >= 11 is 0. The fourth-order valence-electron chi connectivity index (χ4n) is 13.5. The van der Waals surface area contributed by atoms with Crippen LogP contribution in [-0.2, 0) is 5.41 Å². The van der Waals surface area contributed by atoms with E-state index in [1.807, 2.05) is 0 Å². The number of hydrogen-bond donors (Lipinski definition) is 0. The molecule has 0 saturated carbocycles. The number of anilines is 3. The van der Waals surface area contributed by atoms with Crippen molar-refractivity contribution in [2.24, 2.45) is 0 Å². The minimum Gasteiger partial charge on any atom is -0.310 e. The van der Waals surface area contributed by atoms with Gasteiger partial charge in [-0.15, -0.1) is 0 Å². The molecule has 0 unspecified atom stereocenters. The standard InChI is InChI=1S/C73H46N2/c1-2-18-50(19-3-1)75-68-33-15-11-27-63(68)71-53(28-16-34-69(71)75)49-38-36-47(37-39-49)48-40-42-51(43-41-48)74(52-44-45-58-56-22-5-4-20-54(56)55-21-6-7-23-57(55)64(58)46-52)70-35-17-29-62-61-26-10-14-32-67(61)73(72(62)70)65-30-12-8-24-59(65)60-25-9-13-31-66(60)73/h1-46H. The molecule has 348 valence electrons. The fourth-order valence-corrected chi connectivity index (χ4v) is 13.5. The third-order valence-corrected chi connectivity index (χ3v) is 16.6. The molecule has 0 amide bonds. The van der Waals surface area contributed by atoms with Gasteiger partial charge in [0, 0.05) is 33.4 Å². The summed E-state index contributed by atoms with van der Waals surface area (Å²) in [4.78, 5) is 2.54.